The van der Waals surface area contributed by atoms with Crippen LogP contribution in [0.3, 0.4) is 0 Å². The summed E-state index contributed by atoms with van der Waals surface area (Å²) in [4.78, 5) is 9.71. The Balaban J connectivity index is 1.89. The van der Waals surface area contributed by atoms with E-state index in [2.05, 4.69) is 9.55 Å². The molecule has 0 radical (unpaired) electrons. The van der Waals surface area contributed by atoms with Crippen molar-refractivity contribution in [3.8, 4) is 22.8 Å². The molecule has 0 aliphatic carbocycles. The van der Waals surface area contributed by atoms with Crippen LogP contribution in [0.2, 0.25) is 0 Å². The highest BCUT2D eigenvalue weighted by molar-refractivity contribution is 7.07. The first-order chi connectivity index (χ1) is 14.7. The van der Waals surface area contributed by atoms with Crippen LogP contribution in [0, 0.1) is 5.82 Å². The van der Waals surface area contributed by atoms with Gasteiger partial charge in [0.1, 0.15) is 17.3 Å². The van der Waals surface area contributed by atoms with Gasteiger partial charge in [0, 0.05) is 17.1 Å². The third-order valence-electron chi connectivity index (χ3n) is 4.60. The Labute approximate surface area is 177 Å². The monoisotopic (exact) mass is 421 g/mol. The maximum Gasteiger partial charge on any atom is 0.190 e. The molecule has 0 aliphatic rings. The van der Waals surface area contributed by atoms with Gasteiger partial charge in [0.25, 0.3) is 0 Å². The van der Waals surface area contributed by atoms with E-state index >= 15 is 0 Å². The lowest BCUT2D eigenvalue weighted by atomic mass is 10.1. The number of thiazole rings is 1. The summed E-state index contributed by atoms with van der Waals surface area (Å²) < 4.78 is 26.5. The van der Waals surface area contributed by atoms with E-state index in [1.54, 1.807) is 38.7 Å². The van der Waals surface area contributed by atoms with Crippen molar-refractivity contribution in [2.45, 2.75) is 6.54 Å². The first kappa shape index (κ1) is 19.8. The Hall–Kier alpha value is -3.45. The van der Waals surface area contributed by atoms with Crippen molar-refractivity contribution in [3.63, 3.8) is 0 Å². The molecule has 0 saturated heterocycles. The molecule has 0 amide bonds. The summed E-state index contributed by atoms with van der Waals surface area (Å²) in [6, 6.07) is 15.9. The van der Waals surface area contributed by atoms with Crippen LogP contribution in [0.4, 0.5) is 10.1 Å². The molecule has 2 heterocycles. The quantitative estimate of drug-likeness (QED) is 0.438. The second-order valence-electron chi connectivity index (χ2n) is 6.51. The second-order valence-corrected chi connectivity index (χ2v) is 7.34. The van der Waals surface area contributed by atoms with E-state index < -0.39 is 0 Å². The Morgan fingerprint density at radius 1 is 1.07 bits per heavy atom. The summed E-state index contributed by atoms with van der Waals surface area (Å²) in [6.45, 7) is 0.526. The van der Waals surface area contributed by atoms with Gasteiger partial charge < -0.3 is 14.0 Å². The Kier molecular flexibility index (Phi) is 5.90. The van der Waals surface area contributed by atoms with Crippen LogP contribution in [-0.2, 0) is 6.54 Å². The number of ether oxygens (including phenoxy) is 2. The van der Waals surface area contributed by atoms with Crippen molar-refractivity contribution < 1.29 is 13.9 Å². The van der Waals surface area contributed by atoms with E-state index in [-0.39, 0.29) is 5.82 Å². The van der Waals surface area contributed by atoms with Gasteiger partial charge in [-0.15, -0.1) is 11.3 Å². The van der Waals surface area contributed by atoms with E-state index in [0.717, 1.165) is 38.8 Å². The van der Waals surface area contributed by atoms with Gasteiger partial charge in [-0.05, 0) is 48.0 Å². The van der Waals surface area contributed by atoms with Crippen molar-refractivity contribution in [1.82, 2.24) is 9.55 Å². The third kappa shape index (κ3) is 4.26. The molecule has 0 aliphatic heterocycles. The van der Waals surface area contributed by atoms with Crippen LogP contribution in [0.1, 0.15) is 5.56 Å². The molecule has 0 spiro atoms. The largest absolute Gasteiger partial charge is 0.497 e. The summed E-state index contributed by atoms with van der Waals surface area (Å²) in [5.74, 6) is 1.20. The highest BCUT2D eigenvalue weighted by atomic mass is 32.1. The summed E-state index contributed by atoms with van der Waals surface area (Å²) in [6.07, 6.45) is 3.43. The molecule has 7 heteroatoms. The number of methoxy groups -OCH3 is 2. The molecule has 5 nitrogen and oxygen atoms in total. The minimum atomic E-state index is -0.260. The fourth-order valence-corrected chi connectivity index (χ4v) is 4.02. The van der Waals surface area contributed by atoms with Crippen LogP contribution >= 0.6 is 11.3 Å². The number of aromatic nitrogens is 2. The van der Waals surface area contributed by atoms with Crippen LogP contribution in [0.15, 0.2) is 77.4 Å². The SMILES string of the molecule is COc1ccc(OC)c(-c2csc(=Nc3cccnc3)n2Cc2ccc(F)cc2)c1. The maximum atomic E-state index is 13.4. The highest BCUT2D eigenvalue weighted by Crippen LogP contribution is 2.34. The van der Waals surface area contributed by atoms with Gasteiger partial charge in [0.2, 0.25) is 0 Å². The van der Waals surface area contributed by atoms with Crippen LogP contribution in [-0.4, -0.2) is 23.8 Å². The van der Waals surface area contributed by atoms with Crippen LogP contribution in [0.5, 0.6) is 11.5 Å². The van der Waals surface area contributed by atoms with Gasteiger partial charge in [-0.3, -0.25) is 4.98 Å². The summed E-state index contributed by atoms with van der Waals surface area (Å²) in [5.41, 5.74) is 3.55. The van der Waals surface area contributed by atoms with Gasteiger partial charge in [0.05, 0.1) is 38.3 Å². The van der Waals surface area contributed by atoms with E-state index in [1.165, 1.54) is 23.5 Å². The predicted molar refractivity (Wildman–Crippen MR) is 116 cm³/mol. The number of halogens is 1. The first-order valence-corrected chi connectivity index (χ1v) is 10.2. The third-order valence-corrected chi connectivity index (χ3v) is 5.47. The zero-order valence-electron chi connectivity index (χ0n) is 16.6. The standard InChI is InChI=1S/C23H20FN3O2S/c1-28-19-9-10-22(29-2)20(12-19)21-15-30-23(26-18-4-3-11-25-13-18)27(21)14-16-5-7-17(24)8-6-16/h3-13,15H,14H2,1-2H3. The van der Waals surface area contributed by atoms with Gasteiger partial charge >= 0.3 is 0 Å². The second kappa shape index (κ2) is 8.92. The van der Waals surface area contributed by atoms with E-state index in [4.69, 9.17) is 14.5 Å². The Morgan fingerprint density at radius 3 is 2.60 bits per heavy atom. The van der Waals surface area contributed by atoms with Crippen molar-refractivity contribution in [3.05, 3.63) is 88.6 Å². The smallest absolute Gasteiger partial charge is 0.190 e. The number of benzene rings is 2. The van der Waals surface area contributed by atoms with E-state index in [9.17, 15) is 4.39 Å². The molecule has 0 atom stereocenters. The van der Waals surface area contributed by atoms with Crippen LogP contribution in [0.25, 0.3) is 11.3 Å². The molecule has 4 rings (SSSR count). The van der Waals surface area contributed by atoms with Gasteiger partial charge in [-0.25, -0.2) is 9.38 Å². The lowest BCUT2D eigenvalue weighted by molar-refractivity contribution is 0.404. The van der Waals surface area contributed by atoms with Crippen molar-refractivity contribution in [2.75, 3.05) is 14.2 Å². The summed E-state index contributed by atoms with van der Waals surface area (Å²) in [7, 11) is 3.28. The number of nitrogens with zero attached hydrogens (tertiary/aromatic N) is 3. The lowest BCUT2D eigenvalue weighted by Gasteiger charge is -2.14. The fraction of sp³-hybridized carbons (Fsp3) is 0.130. The summed E-state index contributed by atoms with van der Waals surface area (Å²) in [5, 5.41) is 2.04. The molecule has 30 heavy (non-hydrogen) atoms. The van der Waals surface area contributed by atoms with Crippen molar-refractivity contribution >= 4 is 17.0 Å². The molecule has 152 valence electrons. The minimum absolute atomic E-state index is 0.260. The van der Waals surface area contributed by atoms with E-state index in [1.807, 2.05) is 35.7 Å². The molecule has 0 N–H and O–H groups in total. The first-order valence-electron chi connectivity index (χ1n) is 9.28. The Bertz CT molecular complexity index is 1200. The summed E-state index contributed by atoms with van der Waals surface area (Å²) >= 11 is 1.52. The topological polar surface area (TPSA) is 48.6 Å². The molecule has 0 bridgehead atoms. The average Bonchev–Trinajstić information content (AvgIpc) is 3.17. The van der Waals surface area contributed by atoms with Crippen molar-refractivity contribution in [2.24, 2.45) is 4.99 Å². The molecule has 0 saturated carbocycles. The Morgan fingerprint density at radius 2 is 1.90 bits per heavy atom. The molecular formula is C23H20FN3O2S. The zero-order chi connectivity index (χ0) is 20.9. The molecule has 4 aromatic rings. The number of rotatable bonds is 6. The average molecular weight is 421 g/mol. The van der Waals surface area contributed by atoms with Crippen LogP contribution < -0.4 is 14.3 Å². The molecule has 2 aromatic carbocycles. The lowest BCUT2D eigenvalue weighted by Crippen LogP contribution is -2.17. The minimum Gasteiger partial charge on any atom is -0.497 e. The van der Waals surface area contributed by atoms with Gasteiger partial charge in [-0.2, -0.15) is 0 Å². The van der Waals surface area contributed by atoms with E-state index in [0.29, 0.717) is 6.54 Å². The number of pyridine rings is 1. The molecular weight excluding hydrogens is 401 g/mol. The zero-order valence-corrected chi connectivity index (χ0v) is 17.4. The van der Waals surface area contributed by atoms with Gasteiger partial charge in [0.15, 0.2) is 4.80 Å². The molecule has 2 aromatic heterocycles. The molecule has 0 unspecified atom stereocenters. The molecule has 0 fully saturated rings. The highest BCUT2D eigenvalue weighted by Gasteiger charge is 2.15. The fourth-order valence-electron chi connectivity index (χ4n) is 3.10. The van der Waals surface area contributed by atoms with Crippen molar-refractivity contribution in [1.29, 1.82) is 0 Å². The number of hydrogen-bond donors (Lipinski definition) is 0. The normalized spacial score (nSPS) is 11.5. The van der Waals surface area contributed by atoms with Gasteiger partial charge in [-0.1, -0.05) is 12.1 Å². The maximum absolute atomic E-state index is 13.4. The number of hydrogen-bond acceptors (Lipinski definition) is 5. The predicted octanol–water partition coefficient (Wildman–Crippen LogP) is 5.05.